The smallest absolute Gasteiger partial charge is 0.261 e. The third-order valence-corrected chi connectivity index (χ3v) is 3.17. The normalized spacial score (nSPS) is 19.2. The van der Waals surface area contributed by atoms with E-state index in [2.05, 4.69) is 34.0 Å². The van der Waals surface area contributed by atoms with Crippen LogP contribution in [0.4, 0.5) is 0 Å². The fourth-order valence-corrected chi connectivity index (χ4v) is 2.00. The molecule has 3 rings (SSSR count). The molecule has 0 amide bonds. The van der Waals surface area contributed by atoms with Crippen LogP contribution in [-0.4, -0.2) is 33.3 Å². The Bertz CT molecular complexity index is 544. The van der Waals surface area contributed by atoms with Crippen molar-refractivity contribution in [2.75, 3.05) is 13.2 Å². The molecule has 2 aromatic rings. The molecular weight excluding hydrogens is 244 g/mol. The van der Waals surface area contributed by atoms with Crippen molar-refractivity contribution in [3.8, 4) is 11.5 Å². The lowest BCUT2D eigenvalue weighted by Gasteiger charge is -2.02. The highest BCUT2D eigenvalue weighted by molar-refractivity contribution is 5.49. The van der Waals surface area contributed by atoms with Gasteiger partial charge >= 0.3 is 0 Å². The van der Waals surface area contributed by atoms with Gasteiger partial charge in [-0.15, -0.1) is 0 Å². The van der Waals surface area contributed by atoms with Gasteiger partial charge in [0, 0.05) is 30.8 Å². The highest BCUT2D eigenvalue weighted by atomic mass is 16.5. The van der Waals surface area contributed by atoms with E-state index in [0.29, 0.717) is 24.2 Å². The molecule has 0 spiro atoms. The predicted octanol–water partition coefficient (Wildman–Crippen LogP) is 2.15. The molecular formula is C13H16N4O2. The standard InChI is InChI=1S/C13H16N4O2/c1-8(2)11-14-5-10(6-15-11)13-16-12(17-19-13)9-3-4-18-7-9/h5-6,8-9H,3-4,7H2,1-2H3. The van der Waals surface area contributed by atoms with Crippen LogP contribution >= 0.6 is 0 Å². The quantitative estimate of drug-likeness (QED) is 0.841. The molecule has 1 atom stereocenters. The lowest BCUT2D eigenvalue weighted by atomic mass is 10.1. The number of rotatable bonds is 3. The number of nitrogens with zero attached hydrogens (tertiary/aromatic N) is 4. The number of ether oxygens (including phenoxy) is 1. The van der Waals surface area contributed by atoms with Gasteiger partial charge in [0.2, 0.25) is 0 Å². The molecule has 0 radical (unpaired) electrons. The van der Waals surface area contributed by atoms with Crippen molar-refractivity contribution in [2.45, 2.75) is 32.1 Å². The fourth-order valence-electron chi connectivity index (χ4n) is 2.00. The second kappa shape index (κ2) is 5.05. The van der Waals surface area contributed by atoms with Gasteiger partial charge in [-0.2, -0.15) is 4.98 Å². The molecule has 6 heteroatoms. The molecule has 1 aliphatic rings. The van der Waals surface area contributed by atoms with E-state index in [9.17, 15) is 0 Å². The molecule has 19 heavy (non-hydrogen) atoms. The van der Waals surface area contributed by atoms with Crippen molar-refractivity contribution >= 4 is 0 Å². The van der Waals surface area contributed by atoms with Crippen LogP contribution in [0.2, 0.25) is 0 Å². The maximum Gasteiger partial charge on any atom is 0.261 e. The number of aromatic nitrogens is 4. The van der Waals surface area contributed by atoms with Gasteiger partial charge in [-0.25, -0.2) is 9.97 Å². The molecule has 1 unspecified atom stereocenters. The Morgan fingerprint density at radius 1 is 1.26 bits per heavy atom. The predicted molar refractivity (Wildman–Crippen MR) is 67.6 cm³/mol. The summed E-state index contributed by atoms with van der Waals surface area (Å²) >= 11 is 0. The van der Waals surface area contributed by atoms with E-state index in [1.54, 1.807) is 12.4 Å². The first kappa shape index (κ1) is 12.2. The first-order valence-electron chi connectivity index (χ1n) is 6.47. The minimum Gasteiger partial charge on any atom is -0.381 e. The zero-order valence-corrected chi connectivity index (χ0v) is 11.0. The van der Waals surface area contributed by atoms with Crippen molar-refractivity contribution in [3.05, 3.63) is 24.0 Å². The van der Waals surface area contributed by atoms with Crippen LogP contribution in [0.15, 0.2) is 16.9 Å². The van der Waals surface area contributed by atoms with Crippen molar-refractivity contribution in [1.82, 2.24) is 20.1 Å². The van der Waals surface area contributed by atoms with E-state index >= 15 is 0 Å². The van der Waals surface area contributed by atoms with Gasteiger partial charge < -0.3 is 9.26 Å². The van der Waals surface area contributed by atoms with Crippen LogP contribution in [-0.2, 0) is 4.74 Å². The monoisotopic (exact) mass is 260 g/mol. The molecule has 0 aromatic carbocycles. The van der Waals surface area contributed by atoms with Crippen molar-refractivity contribution in [3.63, 3.8) is 0 Å². The Labute approximate surface area is 111 Å². The van der Waals surface area contributed by atoms with Crippen molar-refractivity contribution in [1.29, 1.82) is 0 Å². The zero-order chi connectivity index (χ0) is 13.2. The first-order chi connectivity index (χ1) is 9.24. The Morgan fingerprint density at radius 2 is 2.05 bits per heavy atom. The van der Waals surface area contributed by atoms with E-state index in [4.69, 9.17) is 9.26 Å². The summed E-state index contributed by atoms with van der Waals surface area (Å²) in [5.74, 6) is 2.54. The topological polar surface area (TPSA) is 73.9 Å². The number of hydrogen-bond donors (Lipinski definition) is 0. The molecule has 6 nitrogen and oxygen atoms in total. The Hall–Kier alpha value is -1.82. The second-order valence-electron chi connectivity index (χ2n) is 5.00. The molecule has 0 N–H and O–H groups in total. The van der Waals surface area contributed by atoms with Gasteiger partial charge in [0.15, 0.2) is 5.82 Å². The van der Waals surface area contributed by atoms with E-state index in [-0.39, 0.29) is 5.92 Å². The highest BCUT2D eigenvalue weighted by Crippen LogP contribution is 2.25. The van der Waals surface area contributed by atoms with E-state index in [1.807, 2.05) is 0 Å². The van der Waals surface area contributed by atoms with E-state index < -0.39 is 0 Å². The highest BCUT2D eigenvalue weighted by Gasteiger charge is 2.23. The Balaban J connectivity index is 1.81. The Kier molecular flexibility index (Phi) is 3.25. The van der Waals surface area contributed by atoms with E-state index in [0.717, 1.165) is 24.4 Å². The summed E-state index contributed by atoms with van der Waals surface area (Å²) in [5, 5.41) is 4.01. The lowest BCUT2D eigenvalue weighted by Crippen LogP contribution is -2.00. The summed E-state index contributed by atoms with van der Waals surface area (Å²) in [6.45, 7) is 5.54. The van der Waals surface area contributed by atoms with Crippen LogP contribution in [0.1, 0.15) is 43.8 Å². The van der Waals surface area contributed by atoms with Crippen LogP contribution in [0.3, 0.4) is 0 Å². The minimum atomic E-state index is 0.244. The maximum absolute atomic E-state index is 5.32. The molecule has 1 fully saturated rings. The Morgan fingerprint density at radius 3 is 2.68 bits per heavy atom. The largest absolute Gasteiger partial charge is 0.381 e. The molecule has 0 bridgehead atoms. The molecule has 1 aliphatic heterocycles. The average molecular weight is 260 g/mol. The first-order valence-corrected chi connectivity index (χ1v) is 6.47. The summed E-state index contributed by atoms with van der Waals surface area (Å²) in [6, 6.07) is 0. The van der Waals surface area contributed by atoms with Gasteiger partial charge in [0.25, 0.3) is 5.89 Å². The minimum absolute atomic E-state index is 0.244. The molecule has 0 saturated carbocycles. The van der Waals surface area contributed by atoms with Gasteiger partial charge in [-0.1, -0.05) is 19.0 Å². The zero-order valence-electron chi connectivity index (χ0n) is 11.0. The lowest BCUT2D eigenvalue weighted by molar-refractivity contribution is 0.192. The van der Waals surface area contributed by atoms with Gasteiger partial charge in [0.05, 0.1) is 12.2 Å². The third-order valence-electron chi connectivity index (χ3n) is 3.17. The van der Waals surface area contributed by atoms with Crippen LogP contribution < -0.4 is 0 Å². The van der Waals surface area contributed by atoms with Crippen LogP contribution in [0.25, 0.3) is 11.5 Å². The summed E-state index contributed by atoms with van der Waals surface area (Å²) in [7, 11) is 0. The summed E-state index contributed by atoms with van der Waals surface area (Å²) < 4.78 is 10.6. The summed E-state index contributed by atoms with van der Waals surface area (Å²) in [6.07, 6.45) is 4.40. The van der Waals surface area contributed by atoms with Crippen LogP contribution in [0.5, 0.6) is 0 Å². The molecule has 2 aromatic heterocycles. The molecule has 1 saturated heterocycles. The van der Waals surface area contributed by atoms with Crippen molar-refractivity contribution < 1.29 is 9.26 Å². The summed E-state index contributed by atoms with van der Waals surface area (Å²) in [4.78, 5) is 13.0. The average Bonchev–Trinajstić information content (AvgIpc) is 3.10. The third kappa shape index (κ3) is 2.49. The fraction of sp³-hybridized carbons (Fsp3) is 0.538. The molecule has 100 valence electrons. The molecule has 0 aliphatic carbocycles. The summed E-state index contributed by atoms with van der Waals surface area (Å²) in [5.41, 5.74) is 0.752. The SMILES string of the molecule is CC(C)c1ncc(-c2nc(C3CCOC3)no2)cn1. The van der Waals surface area contributed by atoms with Crippen molar-refractivity contribution in [2.24, 2.45) is 0 Å². The number of hydrogen-bond acceptors (Lipinski definition) is 6. The van der Waals surface area contributed by atoms with Gasteiger partial charge in [0.1, 0.15) is 5.82 Å². The second-order valence-corrected chi connectivity index (χ2v) is 5.00. The van der Waals surface area contributed by atoms with Crippen LogP contribution in [0, 0.1) is 0 Å². The van der Waals surface area contributed by atoms with Gasteiger partial charge in [-0.3, -0.25) is 0 Å². The molecule has 3 heterocycles. The van der Waals surface area contributed by atoms with Gasteiger partial charge in [-0.05, 0) is 6.42 Å². The maximum atomic E-state index is 5.32. The van der Waals surface area contributed by atoms with E-state index in [1.165, 1.54) is 0 Å².